The number of carbonyl (C=O) groups is 1. The monoisotopic (exact) mass is 366 g/mol. The summed E-state index contributed by atoms with van der Waals surface area (Å²) in [5, 5.41) is 9.75. The van der Waals surface area contributed by atoms with E-state index in [1.807, 2.05) is 18.4 Å². The minimum Gasteiger partial charge on any atom is -0.355 e. The van der Waals surface area contributed by atoms with Crippen molar-refractivity contribution < 1.29 is 13.6 Å². The molecule has 1 amide bonds. The second-order valence-corrected chi connectivity index (χ2v) is 6.92. The summed E-state index contributed by atoms with van der Waals surface area (Å²) in [7, 11) is 0. The second kappa shape index (κ2) is 7.03. The number of carbonyl (C=O) groups excluding carboxylic acids is 1. The van der Waals surface area contributed by atoms with Gasteiger partial charge < -0.3 is 9.88 Å². The first-order valence-corrected chi connectivity index (χ1v) is 8.68. The van der Waals surface area contributed by atoms with E-state index in [1.54, 1.807) is 0 Å². The van der Waals surface area contributed by atoms with E-state index in [1.165, 1.54) is 18.2 Å². The lowest BCUT2D eigenvalue weighted by molar-refractivity contribution is -0.122. The van der Waals surface area contributed by atoms with E-state index in [0.717, 1.165) is 5.82 Å². The third-order valence-corrected chi connectivity index (χ3v) is 4.73. The van der Waals surface area contributed by atoms with Crippen LogP contribution in [0.3, 0.4) is 0 Å². The van der Waals surface area contributed by atoms with Gasteiger partial charge in [0.05, 0.1) is 0 Å². The molecule has 1 aromatic carbocycles. The maximum Gasteiger partial charge on any atom is 0.223 e. The van der Waals surface area contributed by atoms with Crippen molar-refractivity contribution in [3.63, 3.8) is 0 Å². The zero-order valence-corrected chi connectivity index (χ0v) is 14.9. The number of halogens is 2. The third kappa shape index (κ3) is 3.63. The van der Waals surface area contributed by atoms with Crippen molar-refractivity contribution in [3.05, 3.63) is 46.0 Å². The summed E-state index contributed by atoms with van der Waals surface area (Å²) >= 11 is 5.18. The van der Waals surface area contributed by atoms with Crippen LogP contribution in [0.2, 0.25) is 0 Å². The summed E-state index contributed by atoms with van der Waals surface area (Å²) in [5.41, 5.74) is 0.0170. The number of benzene rings is 1. The highest BCUT2D eigenvalue weighted by Crippen LogP contribution is 2.49. The lowest BCUT2D eigenvalue weighted by atomic mass is 10.1. The Morgan fingerprint density at radius 3 is 2.76 bits per heavy atom. The van der Waals surface area contributed by atoms with Gasteiger partial charge in [-0.1, -0.05) is 6.07 Å². The van der Waals surface area contributed by atoms with Crippen molar-refractivity contribution >= 4 is 18.1 Å². The Hall–Kier alpha value is -2.09. The number of rotatable bonds is 6. The molecule has 1 aromatic heterocycles. The van der Waals surface area contributed by atoms with Crippen molar-refractivity contribution in [1.29, 1.82) is 0 Å². The minimum atomic E-state index is -0.590. The molecule has 0 aliphatic heterocycles. The summed E-state index contributed by atoms with van der Waals surface area (Å²) in [6.45, 7) is 4.41. The molecule has 0 bridgehead atoms. The molecule has 1 fully saturated rings. The van der Waals surface area contributed by atoms with Crippen LogP contribution in [0.1, 0.15) is 43.6 Å². The average Bonchev–Trinajstić information content (AvgIpc) is 3.23. The molecule has 8 heteroatoms. The molecule has 2 aromatic rings. The van der Waals surface area contributed by atoms with Crippen LogP contribution < -0.4 is 5.32 Å². The molecule has 1 aliphatic carbocycles. The normalized spacial score (nSPS) is 19.2. The molecule has 5 nitrogen and oxygen atoms in total. The molecule has 2 N–H and O–H groups in total. The van der Waals surface area contributed by atoms with E-state index in [0.29, 0.717) is 24.2 Å². The van der Waals surface area contributed by atoms with E-state index >= 15 is 0 Å². The van der Waals surface area contributed by atoms with Gasteiger partial charge in [0, 0.05) is 36.4 Å². The summed E-state index contributed by atoms with van der Waals surface area (Å²) < 4.78 is 30.0. The molecular formula is C17H20F2N4OS. The minimum absolute atomic E-state index is 0.0170. The quantitative estimate of drug-likeness (QED) is 0.772. The number of aromatic amines is 1. The molecule has 25 heavy (non-hydrogen) atoms. The Kier molecular flexibility index (Phi) is 4.99. The maximum atomic E-state index is 13.8. The number of nitrogens with one attached hydrogen (secondary N) is 2. The topological polar surface area (TPSA) is 62.7 Å². The SMILES string of the molecule is CC(C)n1c(CCNC(=O)[C@H]2C[C@@H]2c2c(F)cccc2F)n[nH]c1=S. The molecule has 0 spiro atoms. The fourth-order valence-corrected chi connectivity index (χ4v) is 3.51. The van der Waals surface area contributed by atoms with Crippen molar-refractivity contribution in [3.8, 4) is 0 Å². The predicted octanol–water partition coefficient (Wildman–Crippen LogP) is 3.26. The number of H-pyrrole nitrogens is 1. The molecule has 134 valence electrons. The molecule has 0 unspecified atom stereocenters. The van der Waals surface area contributed by atoms with Gasteiger partial charge in [-0.3, -0.25) is 9.89 Å². The average molecular weight is 366 g/mol. The van der Waals surface area contributed by atoms with Gasteiger partial charge in [-0.15, -0.1) is 0 Å². The smallest absolute Gasteiger partial charge is 0.223 e. The first kappa shape index (κ1) is 17.7. The fourth-order valence-electron chi connectivity index (χ4n) is 3.14. The van der Waals surface area contributed by atoms with Gasteiger partial charge in [0.1, 0.15) is 17.5 Å². The van der Waals surface area contributed by atoms with Gasteiger partial charge >= 0.3 is 0 Å². The molecule has 2 atom stereocenters. The number of hydrogen-bond donors (Lipinski definition) is 2. The van der Waals surface area contributed by atoms with Gasteiger partial charge in [0.25, 0.3) is 0 Å². The molecular weight excluding hydrogens is 346 g/mol. The first-order chi connectivity index (χ1) is 11.9. The van der Waals surface area contributed by atoms with Gasteiger partial charge in [-0.25, -0.2) is 8.78 Å². The van der Waals surface area contributed by atoms with E-state index in [-0.39, 0.29) is 29.3 Å². The Morgan fingerprint density at radius 1 is 1.44 bits per heavy atom. The zero-order valence-electron chi connectivity index (χ0n) is 14.1. The Labute approximate surface area is 149 Å². The van der Waals surface area contributed by atoms with E-state index < -0.39 is 11.6 Å². The van der Waals surface area contributed by atoms with Crippen LogP contribution in [0.15, 0.2) is 18.2 Å². The molecule has 1 heterocycles. The van der Waals surface area contributed by atoms with Crippen molar-refractivity contribution in [1.82, 2.24) is 20.1 Å². The van der Waals surface area contributed by atoms with Gasteiger partial charge in [-0.05, 0) is 44.6 Å². The Bertz CT molecular complexity index is 825. The number of hydrogen-bond acceptors (Lipinski definition) is 3. The first-order valence-electron chi connectivity index (χ1n) is 8.27. The standard InChI is InChI=1S/C17H20F2N4OS/c1-9(2)23-14(21-22-17(23)25)6-7-20-16(24)11-8-10(11)15-12(18)4-3-5-13(15)19/h3-5,9-11H,6-8H2,1-2H3,(H,20,24)(H,22,25)/t10-,11-/m0/s1. The molecule has 1 saturated carbocycles. The fraction of sp³-hybridized carbons (Fsp3) is 0.471. The summed E-state index contributed by atoms with van der Waals surface area (Å²) in [6, 6.07) is 3.95. The Morgan fingerprint density at radius 2 is 2.12 bits per heavy atom. The van der Waals surface area contributed by atoms with E-state index in [2.05, 4.69) is 15.5 Å². The van der Waals surface area contributed by atoms with E-state index in [4.69, 9.17) is 12.2 Å². The van der Waals surface area contributed by atoms with Crippen LogP contribution in [0.5, 0.6) is 0 Å². The number of nitrogens with zero attached hydrogens (tertiary/aromatic N) is 2. The summed E-state index contributed by atoms with van der Waals surface area (Å²) in [4.78, 5) is 12.2. The van der Waals surface area contributed by atoms with Gasteiger partial charge in [-0.2, -0.15) is 5.10 Å². The molecule has 3 rings (SSSR count). The van der Waals surface area contributed by atoms with Crippen LogP contribution in [0, 0.1) is 22.3 Å². The van der Waals surface area contributed by atoms with Crippen molar-refractivity contribution in [2.45, 2.75) is 38.6 Å². The molecule has 1 aliphatic rings. The third-order valence-electron chi connectivity index (χ3n) is 4.44. The second-order valence-electron chi connectivity index (χ2n) is 6.53. The maximum absolute atomic E-state index is 13.8. The van der Waals surface area contributed by atoms with Crippen molar-refractivity contribution in [2.75, 3.05) is 6.54 Å². The lowest BCUT2D eigenvalue weighted by Gasteiger charge is -2.10. The van der Waals surface area contributed by atoms with E-state index in [9.17, 15) is 13.6 Å². The summed E-state index contributed by atoms with van der Waals surface area (Å²) in [5.74, 6) is -1.35. The zero-order chi connectivity index (χ0) is 18.1. The highest BCUT2D eigenvalue weighted by atomic mass is 32.1. The molecule has 0 radical (unpaired) electrons. The van der Waals surface area contributed by atoms with Crippen LogP contribution in [-0.4, -0.2) is 27.2 Å². The van der Waals surface area contributed by atoms with Gasteiger partial charge in [0.2, 0.25) is 5.91 Å². The van der Waals surface area contributed by atoms with Crippen molar-refractivity contribution in [2.24, 2.45) is 5.92 Å². The number of aromatic nitrogens is 3. The highest BCUT2D eigenvalue weighted by Gasteiger charge is 2.46. The van der Waals surface area contributed by atoms with Crippen LogP contribution in [-0.2, 0) is 11.2 Å². The van der Waals surface area contributed by atoms with Crippen LogP contribution in [0.25, 0.3) is 0 Å². The van der Waals surface area contributed by atoms with Gasteiger partial charge in [0.15, 0.2) is 4.77 Å². The lowest BCUT2D eigenvalue weighted by Crippen LogP contribution is -2.28. The predicted molar refractivity (Wildman–Crippen MR) is 91.7 cm³/mol. The van der Waals surface area contributed by atoms with Crippen LogP contribution >= 0.6 is 12.2 Å². The van der Waals surface area contributed by atoms with Crippen LogP contribution in [0.4, 0.5) is 8.78 Å². The number of amides is 1. The highest BCUT2D eigenvalue weighted by molar-refractivity contribution is 7.71. The summed E-state index contributed by atoms with van der Waals surface area (Å²) in [6.07, 6.45) is 0.997. The molecule has 0 saturated heterocycles. The largest absolute Gasteiger partial charge is 0.355 e. The Balaban J connectivity index is 1.56.